The van der Waals surface area contributed by atoms with Gasteiger partial charge < -0.3 is 15.7 Å². The van der Waals surface area contributed by atoms with Crippen LogP contribution in [0.25, 0.3) is 11.2 Å². The maximum absolute atomic E-state index is 13.0. The Hall–Kier alpha value is -2.87. The van der Waals surface area contributed by atoms with Crippen LogP contribution in [0.4, 0.5) is 21.8 Å². The average molecular weight is 300 g/mol. The molecular weight excluding hydrogens is 287 g/mol. The molecule has 3 rings (SSSR count). The van der Waals surface area contributed by atoms with Gasteiger partial charge in [0.25, 0.3) is 0 Å². The van der Waals surface area contributed by atoms with Crippen molar-refractivity contribution in [3.63, 3.8) is 0 Å². The highest BCUT2D eigenvalue weighted by molar-refractivity contribution is 5.85. The summed E-state index contributed by atoms with van der Waals surface area (Å²) in [4.78, 5) is 16.9. The Bertz CT molecular complexity index is 780. The van der Waals surface area contributed by atoms with Gasteiger partial charge >= 0.3 is 0 Å². The molecule has 8 heteroatoms. The molecule has 3 aromatic rings. The average Bonchev–Trinajstić information content (AvgIpc) is 2.55. The minimum absolute atomic E-state index is 0.0391. The molecule has 0 radical (unpaired) electrons. The molecule has 2 aromatic heterocycles. The third kappa shape index (κ3) is 3.07. The largest absolute Gasteiger partial charge is 0.395 e. The molecule has 0 fully saturated rings. The Morgan fingerprint density at radius 3 is 2.59 bits per heavy atom. The highest BCUT2D eigenvalue weighted by Crippen LogP contribution is 2.22. The Morgan fingerprint density at radius 1 is 1.05 bits per heavy atom. The number of rotatable bonds is 5. The van der Waals surface area contributed by atoms with E-state index in [2.05, 4.69) is 30.6 Å². The molecule has 1 aromatic carbocycles. The van der Waals surface area contributed by atoms with Crippen molar-refractivity contribution in [1.29, 1.82) is 0 Å². The number of aliphatic hydroxyl groups excluding tert-OH is 1. The van der Waals surface area contributed by atoms with Gasteiger partial charge in [-0.2, -0.15) is 9.97 Å². The fraction of sp³-hybridized carbons (Fsp3) is 0.143. The molecular formula is C14H13FN6O. The number of hydrogen-bond acceptors (Lipinski definition) is 7. The zero-order chi connectivity index (χ0) is 15.4. The van der Waals surface area contributed by atoms with E-state index in [4.69, 9.17) is 5.11 Å². The van der Waals surface area contributed by atoms with E-state index in [0.717, 1.165) is 0 Å². The first-order chi connectivity index (χ1) is 10.8. The number of fused-ring (bicyclic) bond motifs is 1. The number of anilines is 3. The van der Waals surface area contributed by atoms with Gasteiger partial charge in [0.05, 0.1) is 6.61 Å². The minimum atomic E-state index is -0.316. The molecule has 7 nitrogen and oxygen atoms in total. The standard InChI is InChI=1S/C14H13FN6O/c15-9-1-3-10(4-2-9)19-13-11-12(17-6-5-16-11)20-14(21-13)18-7-8-22/h1-6,22H,7-8H2,(H2,17,18,19,20,21). The van der Waals surface area contributed by atoms with Gasteiger partial charge in [0, 0.05) is 24.6 Å². The van der Waals surface area contributed by atoms with E-state index >= 15 is 0 Å². The monoisotopic (exact) mass is 300 g/mol. The number of nitrogens with one attached hydrogen (secondary N) is 2. The van der Waals surface area contributed by atoms with E-state index in [1.807, 2.05) is 0 Å². The van der Waals surface area contributed by atoms with Crippen molar-refractivity contribution in [3.05, 3.63) is 42.5 Å². The van der Waals surface area contributed by atoms with Gasteiger partial charge in [-0.15, -0.1) is 0 Å². The minimum Gasteiger partial charge on any atom is -0.395 e. The van der Waals surface area contributed by atoms with Crippen molar-refractivity contribution in [3.8, 4) is 0 Å². The maximum Gasteiger partial charge on any atom is 0.226 e. The van der Waals surface area contributed by atoms with E-state index in [-0.39, 0.29) is 12.4 Å². The molecule has 0 atom stereocenters. The number of benzene rings is 1. The normalized spacial score (nSPS) is 10.6. The van der Waals surface area contributed by atoms with E-state index in [9.17, 15) is 4.39 Å². The van der Waals surface area contributed by atoms with Crippen LogP contribution >= 0.6 is 0 Å². The van der Waals surface area contributed by atoms with Gasteiger partial charge in [-0.1, -0.05) is 0 Å². The molecule has 0 spiro atoms. The summed E-state index contributed by atoms with van der Waals surface area (Å²) in [5, 5.41) is 14.8. The summed E-state index contributed by atoms with van der Waals surface area (Å²) in [6.45, 7) is 0.282. The summed E-state index contributed by atoms with van der Waals surface area (Å²) in [5.74, 6) is 0.458. The first-order valence-corrected chi connectivity index (χ1v) is 6.62. The lowest BCUT2D eigenvalue weighted by molar-refractivity contribution is 0.311. The summed E-state index contributed by atoms with van der Waals surface area (Å²) in [5.41, 5.74) is 1.59. The highest BCUT2D eigenvalue weighted by Gasteiger charge is 2.10. The Balaban J connectivity index is 2.00. The predicted octanol–water partition coefficient (Wildman–Crippen LogP) is 1.71. The van der Waals surface area contributed by atoms with Crippen LogP contribution in [0.5, 0.6) is 0 Å². The SMILES string of the molecule is OCCNc1nc(Nc2ccc(F)cc2)c2nccnc2n1. The smallest absolute Gasteiger partial charge is 0.226 e. The van der Waals surface area contributed by atoms with Crippen LogP contribution in [0, 0.1) is 5.82 Å². The fourth-order valence-corrected chi connectivity index (χ4v) is 1.87. The summed E-state index contributed by atoms with van der Waals surface area (Å²) >= 11 is 0. The van der Waals surface area contributed by atoms with Crippen molar-refractivity contribution < 1.29 is 9.50 Å². The van der Waals surface area contributed by atoms with Crippen LogP contribution in [-0.4, -0.2) is 38.2 Å². The molecule has 0 bridgehead atoms. The molecule has 0 aliphatic rings. The van der Waals surface area contributed by atoms with E-state index in [0.29, 0.717) is 35.2 Å². The van der Waals surface area contributed by atoms with Crippen molar-refractivity contribution >= 4 is 28.6 Å². The summed E-state index contributed by atoms with van der Waals surface area (Å²) in [6, 6.07) is 5.89. The Kier molecular flexibility index (Phi) is 4.01. The first kappa shape index (κ1) is 14.1. The first-order valence-electron chi connectivity index (χ1n) is 6.62. The van der Waals surface area contributed by atoms with Crippen molar-refractivity contribution in [2.24, 2.45) is 0 Å². The molecule has 3 N–H and O–H groups in total. The molecule has 0 unspecified atom stereocenters. The highest BCUT2D eigenvalue weighted by atomic mass is 19.1. The molecule has 0 aliphatic heterocycles. The summed E-state index contributed by atoms with van der Waals surface area (Å²) < 4.78 is 13.0. The number of hydrogen-bond donors (Lipinski definition) is 3. The Morgan fingerprint density at radius 2 is 1.82 bits per heavy atom. The molecule has 22 heavy (non-hydrogen) atoms. The van der Waals surface area contributed by atoms with Crippen LogP contribution in [0.3, 0.4) is 0 Å². The number of aliphatic hydroxyl groups is 1. The number of aromatic nitrogens is 4. The molecule has 2 heterocycles. The third-order valence-corrected chi connectivity index (χ3v) is 2.83. The lowest BCUT2D eigenvalue weighted by Gasteiger charge is -2.10. The summed E-state index contributed by atoms with van der Waals surface area (Å²) in [7, 11) is 0. The van der Waals surface area contributed by atoms with E-state index in [1.165, 1.54) is 18.3 Å². The summed E-state index contributed by atoms with van der Waals surface area (Å²) in [6.07, 6.45) is 3.08. The van der Waals surface area contributed by atoms with Crippen molar-refractivity contribution in [2.75, 3.05) is 23.8 Å². The van der Waals surface area contributed by atoms with Crippen LogP contribution in [0.15, 0.2) is 36.7 Å². The second-order valence-corrected chi connectivity index (χ2v) is 4.41. The van der Waals surface area contributed by atoms with Gasteiger partial charge in [-0.3, -0.25) is 0 Å². The van der Waals surface area contributed by atoms with Crippen LogP contribution in [-0.2, 0) is 0 Å². The Labute approximate surface area is 125 Å². The van der Waals surface area contributed by atoms with Gasteiger partial charge in [0.15, 0.2) is 17.0 Å². The fourth-order valence-electron chi connectivity index (χ4n) is 1.87. The molecule has 0 saturated heterocycles. The van der Waals surface area contributed by atoms with Crippen molar-refractivity contribution in [2.45, 2.75) is 0 Å². The maximum atomic E-state index is 13.0. The topological polar surface area (TPSA) is 95.8 Å². The zero-order valence-electron chi connectivity index (χ0n) is 11.5. The van der Waals surface area contributed by atoms with Crippen molar-refractivity contribution in [1.82, 2.24) is 19.9 Å². The third-order valence-electron chi connectivity index (χ3n) is 2.83. The van der Waals surface area contributed by atoms with Gasteiger partial charge in [-0.05, 0) is 24.3 Å². The van der Waals surface area contributed by atoms with Crippen LogP contribution in [0.1, 0.15) is 0 Å². The second kappa shape index (κ2) is 6.27. The molecule has 0 amide bonds. The lowest BCUT2D eigenvalue weighted by atomic mass is 10.3. The van der Waals surface area contributed by atoms with E-state index < -0.39 is 0 Å². The van der Waals surface area contributed by atoms with Crippen LogP contribution in [0.2, 0.25) is 0 Å². The second-order valence-electron chi connectivity index (χ2n) is 4.41. The van der Waals surface area contributed by atoms with Crippen LogP contribution < -0.4 is 10.6 Å². The van der Waals surface area contributed by atoms with Gasteiger partial charge in [-0.25, -0.2) is 14.4 Å². The molecule has 0 saturated carbocycles. The zero-order valence-corrected chi connectivity index (χ0v) is 11.5. The molecule has 112 valence electrons. The predicted molar refractivity (Wildman–Crippen MR) is 80.4 cm³/mol. The lowest BCUT2D eigenvalue weighted by Crippen LogP contribution is -2.10. The quantitative estimate of drug-likeness (QED) is 0.660. The van der Waals surface area contributed by atoms with Gasteiger partial charge in [0.1, 0.15) is 5.82 Å². The molecule has 0 aliphatic carbocycles. The van der Waals surface area contributed by atoms with Gasteiger partial charge in [0.2, 0.25) is 5.95 Å². The number of nitrogens with zero attached hydrogens (tertiary/aromatic N) is 4. The van der Waals surface area contributed by atoms with E-state index in [1.54, 1.807) is 18.3 Å². The number of halogens is 1.